The smallest absolute Gasteiger partial charge is 0.309 e. The van der Waals surface area contributed by atoms with Crippen molar-refractivity contribution in [3.63, 3.8) is 0 Å². The number of hydrogen-bond acceptors (Lipinski definition) is 11. The average molecular weight is 603 g/mol. The summed E-state index contributed by atoms with van der Waals surface area (Å²) in [6.45, 7) is 0.684. The Balaban J connectivity index is 1.12. The number of nitrogen functional groups attached to an aromatic ring is 1. The molecule has 2 heterocycles. The van der Waals surface area contributed by atoms with Gasteiger partial charge < -0.3 is 31.9 Å². The molecule has 15 heteroatoms. The molecule has 7 rings (SSSR count). The second-order valence-corrected chi connectivity index (χ2v) is 11.7. The number of amides is 2. The zero-order valence-electron chi connectivity index (χ0n) is 23.6. The molecule has 44 heavy (non-hydrogen) atoms. The van der Waals surface area contributed by atoms with Gasteiger partial charge in [-0.1, -0.05) is 34.6 Å². The predicted octanol–water partition coefficient (Wildman–Crippen LogP) is 0.705. The Labute approximate surface area is 249 Å². The van der Waals surface area contributed by atoms with E-state index < -0.39 is 39.9 Å². The molecule has 0 radical (unpaired) electrons. The van der Waals surface area contributed by atoms with Crippen LogP contribution in [0.5, 0.6) is 5.88 Å². The highest BCUT2D eigenvalue weighted by Gasteiger charge is 2.52. The van der Waals surface area contributed by atoms with E-state index in [0.717, 1.165) is 15.6 Å². The standard InChI is InChI=1S/C29H30N8O7/c30-19-20(22(39)21(19)38)31-12-15-2-1-3-16(10-15)13-32-24(40)17-11-18(37-23(34-17)26(42)35-36-37)25(41)33-14-28-4-7-29(8-5-28,9-6-28)27(43)44/h1-3,10-11,31,42H,4-9,12-14,30H2,(H,32,40)(H,33,41)(H,43,44). The Hall–Kier alpha value is -5.34. The van der Waals surface area contributed by atoms with Crippen molar-refractivity contribution in [2.45, 2.75) is 51.6 Å². The monoisotopic (exact) mass is 602 g/mol. The highest BCUT2D eigenvalue weighted by molar-refractivity contribution is 5.98. The van der Waals surface area contributed by atoms with Gasteiger partial charge >= 0.3 is 5.97 Å². The van der Waals surface area contributed by atoms with Crippen molar-refractivity contribution in [2.75, 3.05) is 17.6 Å². The van der Waals surface area contributed by atoms with E-state index in [0.29, 0.717) is 45.1 Å². The maximum absolute atomic E-state index is 13.3. The summed E-state index contributed by atoms with van der Waals surface area (Å²) in [4.78, 5) is 65.3. The average Bonchev–Trinajstić information content (AvgIpc) is 3.43. The van der Waals surface area contributed by atoms with Gasteiger partial charge in [0.15, 0.2) is 0 Å². The van der Waals surface area contributed by atoms with E-state index in [1.807, 2.05) is 0 Å². The van der Waals surface area contributed by atoms with Crippen molar-refractivity contribution >= 4 is 34.8 Å². The fourth-order valence-electron chi connectivity index (χ4n) is 6.25. The lowest BCUT2D eigenvalue weighted by Crippen LogP contribution is -2.50. The van der Waals surface area contributed by atoms with Gasteiger partial charge in [0.05, 0.1) is 5.41 Å². The van der Waals surface area contributed by atoms with Crippen LogP contribution >= 0.6 is 0 Å². The molecule has 15 nitrogen and oxygen atoms in total. The molecular formula is C29H30N8O7. The van der Waals surface area contributed by atoms with Crippen molar-refractivity contribution in [1.82, 2.24) is 30.4 Å². The van der Waals surface area contributed by atoms with Crippen LogP contribution in [-0.4, -0.2) is 54.4 Å². The Morgan fingerprint density at radius 1 is 0.932 bits per heavy atom. The number of fused-ring (bicyclic) bond motifs is 4. The Bertz CT molecular complexity index is 1870. The lowest BCUT2D eigenvalue weighted by molar-refractivity contribution is -0.158. The lowest BCUT2D eigenvalue weighted by Gasteiger charge is -2.51. The second-order valence-electron chi connectivity index (χ2n) is 11.7. The van der Waals surface area contributed by atoms with Crippen molar-refractivity contribution in [3.8, 4) is 5.88 Å². The summed E-state index contributed by atoms with van der Waals surface area (Å²) in [6, 6.07) is 8.43. The van der Waals surface area contributed by atoms with Crippen LogP contribution in [0.25, 0.3) is 5.65 Å². The van der Waals surface area contributed by atoms with E-state index in [2.05, 4.69) is 31.2 Å². The van der Waals surface area contributed by atoms with Crippen molar-refractivity contribution in [1.29, 1.82) is 0 Å². The topological polar surface area (TPSA) is 231 Å². The molecule has 0 spiro atoms. The second kappa shape index (κ2) is 10.7. The fraction of sp³-hybridized carbons (Fsp3) is 0.379. The third-order valence-electron chi connectivity index (χ3n) is 9.16. The molecule has 2 amide bonds. The van der Waals surface area contributed by atoms with Crippen LogP contribution in [-0.2, 0) is 17.9 Å². The van der Waals surface area contributed by atoms with Crippen molar-refractivity contribution in [2.24, 2.45) is 10.8 Å². The number of anilines is 2. The molecule has 2 aromatic carbocycles. The normalized spacial score (nSPS) is 20.9. The Morgan fingerprint density at radius 2 is 1.61 bits per heavy atom. The van der Waals surface area contributed by atoms with Gasteiger partial charge in [0.1, 0.15) is 22.8 Å². The molecule has 2 bridgehead atoms. The number of carbonyl (C=O) groups excluding carboxylic acids is 2. The Kier molecular flexibility index (Phi) is 7.02. The molecule has 3 fully saturated rings. The minimum absolute atomic E-state index is 0.0403. The number of aliphatic carboxylic acids is 1. The van der Waals surface area contributed by atoms with Gasteiger partial charge in [0.25, 0.3) is 28.6 Å². The van der Waals surface area contributed by atoms with E-state index in [4.69, 9.17) is 5.73 Å². The van der Waals surface area contributed by atoms with Gasteiger partial charge in [0, 0.05) is 25.7 Å². The third kappa shape index (κ3) is 4.99. The number of carbonyl (C=O) groups is 3. The van der Waals surface area contributed by atoms with E-state index in [-0.39, 0.29) is 46.9 Å². The molecule has 228 valence electrons. The number of nitrogens with two attached hydrogens (primary N) is 1. The van der Waals surface area contributed by atoms with Gasteiger partial charge in [-0.05, 0) is 55.1 Å². The van der Waals surface area contributed by atoms with Crippen LogP contribution in [0.3, 0.4) is 0 Å². The highest BCUT2D eigenvalue weighted by Crippen LogP contribution is 2.56. The molecular weight excluding hydrogens is 572 g/mol. The number of rotatable bonds is 10. The number of carboxylic acids is 1. The first-order valence-corrected chi connectivity index (χ1v) is 14.2. The number of nitrogens with one attached hydrogen (secondary N) is 3. The van der Waals surface area contributed by atoms with Crippen LogP contribution in [0.4, 0.5) is 11.4 Å². The van der Waals surface area contributed by atoms with Crippen LogP contribution in [0.1, 0.15) is 70.6 Å². The molecule has 3 saturated carbocycles. The molecule has 7 N–H and O–H groups in total. The molecule has 4 aromatic rings. The van der Waals surface area contributed by atoms with Crippen LogP contribution in [0.2, 0.25) is 0 Å². The first kappa shape index (κ1) is 28.8. The zero-order valence-corrected chi connectivity index (χ0v) is 23.6. The first-order valence-electron chi connectivity index (χ1n) is 14.2. The predicted molar refractivity (Wildman–Crippen MR) is 156 cm³/mol. The zero-order chi connectivity index (χ0) is 31.2. The lowest BCUT2D eigenvalue weighted by atomic mass is 9.53. The summed E-state index contributed by atoms with van der Waals surface area (Å²) < 4.78 is 1.06. The fourth-order valence-corrected chi connectivity index (χ4v) is 6.25. The highest BCUT2D eigenvalue weighted by atomic mass is 16.4. The molecule has 0 atom stereocenters. The summed E-state index contributed by atoms with van der Waals surface area (Å²) >= 11 is 0. The Morgan fingerprint density at radius 3 is 2.27 bits per heavy atom. The number of aromatic nitrogens is 4. The molecule has 0 unspecified atom stereocenters. The van der Waals surface area contributed by atoms with Crippen LogP contribution in [0, 0.1) is 10.8 Å². The van der Waals surface area contributed by atoms with Crippen LogP contribution < -0.4 is 32.5 Å². The summed E-state index contributed by atoms with van der Waals surface area (Å²) in [5, 5.41) is 35.8. The number of benzene rings is 1. The summed E-state index contributed by atoms with van der Waals surface area (Å²) in [5.74, 6) is -2.43. The summed E-state index contributed by atoms with van der Waals surface area (Å²) in [6.07, 6.45) is 3.82. The maximum Gasteiger partial charge on any atom is 0.309 e. The molecule has 3 aliphatic carbocycles. The van der Waals surface area contributed by atoms with E-state index in [1.54, 1.807) is 24.3 Å². The van der Waals surface area contributed by atoms with Crippen molar-refractivity contribution < 1.29 is 24.6 Å². The first-order chi connectivity index (χ1) is 21.0. The van der Waals surface area contributed by atoms with E-state index >= 15 is 0 Å². The number of hydrogen-bond donors (Lipinski definition) is 6. The molecule has 0 aliphatic heterocycles. The SMILES string of the molecule is Nc1c(NCc2cccc(CNC(=O)c3cc(C(=O)NCC45CCC(C(=O)O)(CC4)CC5)n4nnc(O)c4n3)c2)c(=O)c1=O. The summed E-state index contributed by atoms with van der Waals surface area (Å²) in [7, 11) is 0. The largest absolute Gasteiger partial charge is 0.489 e. The minimum Gasteiger partial charge on any atom is -0.489 e. The maximum atomic E-state index is 13.3. The van der Waals surface area contributed by atoms with E-state index in [9.17, 15) is 34.2 Å². The van der Waals surface area contributed by atoms with Gasteiger partial charge in [-0.2, -0.15) is 4.52 Å². The molecule has 3 aliphatic rings. The van der Waals surface area contributed by atoms with E-state index in [1.165, 1.54) is 6.07 Å². The van der Waals surface area contributed by atoms with Gasteiger partial charge in [-0.3, -0.25) is 24.0 Å². The van der Waals surface area contributed by atoms with Gasteiger partial charge in [-0.15, -0.1) is 0 Å². The summed E-state index contributed by atoms with van der Waals surface area (Å²) in [5.41, 5.74) is 4.52. The van der Waals surface area contributed by atoms with Crippen LogP contribution in [0.15, 0.2) is 39.9 Å². The quantitative estimate of drug-likeness (QED) is 0.138. The minimum atomic E-state index is -0.751. The van der Waals surface area contributed by atoms with Gasteiger partial charge in [-0.25, -0.2) is 4.98 Å². The van der Waals surface area contributed by atoms with Gasteiger partial charge in [0.2, 0.25) is 5.65 Å². The molecule has 0 saturated heterocycles. The molecule has 2 aromatic heterocycles. The number of carboxylic acid groups (broad SMARTS) is 1. The number of nitrogens with zero attached hydrogens (tertiary/aromatic N) is 4. The van der Waals surface area contributed by atoms with Crippen molar-refractivity contribution in [3.05, 3.63) is 73.3 Å². The third-order valence-corrected chi connectivity index (χ3v) is 9.16. The number of aromatic hydroxyl groups is 1.